The number of pyridine rings is 1. The smallest absolute Gasteiger partial charge is 0.126 e. The molecule has 5 heteroatoms. The largest absolute Gasteiger partial charge is 0.308 e. The first-order chi connectivity index (χ1) is 10.1. The van der Waals surface area contributed by atoms with Gasteiger partial charge in [0, 0.05) is 15.1 Å². The number of nitrogens with one attached hydrogen (secondary N) is 1. The van der Waals surface area contributed by atoms with E-state index in [0.29, 0.717) is 12.0 Å². The standard InChI is InChI=1S/C16H17Br2FN2/c1-2-7-20-16(15-6-4-13(18)10-21-15)9-11-8-12(17)3-5-14(11)19/h3-6,8,10,16,20H,2,7,9H2,1H3. The summed E-state index contributed by atoms with van der Waals surface area (Å²) in [6, 6.07) is 8.96. The van der Waals surface area contributed by atoms with Crippen LogP contribution < -0.4 is 5.32 Å². The quantitative estimate of drug-likeness (QED) is 0.715. The van der Waals surface area contributed by atoms with Gasteiger partial charge >= 0.3 is 0 Å². The fraction of sp³-hybridized carbons (Fsp3) is 0.312. The molecule has 0 saturated carbocycles. The summed E-state index contributed by atoms with van der Waals surface area (Å²) >= 11 is 6.78. The summed E-state index contributed by atoms with van der Waals surface area (Å²) in [5.74, 6) is -0.182. The molecule has 0 aliphatic rings. The Morgan fingerprint density at radius 3 is 2.62 bits per heavy atom. The van der Waals surface area contributed by atoms with Gasteiger partial charge < -0.3 is 5.32 Å². The molecule has 0 radical (unpaired) electrons. The number of hydrogen-bond donors (Lipinski definition) is 1. The van der Waals surface area contributed by atoms with E-state index in [1.54, 1.807) is 12.3 Å². The minimum absolute atomic E-state index is 0.00171. The topological polar surface area (TPSA) is 24.9 Å². The lowest BCUT2D eigenvalue weighted by atomic mass is 10.0. The lowest BCUT2D eigenvalue weighted by Gasteiger charge is -2.19. The summed E-state index contributed by atoms with van der Waals surface area (Å²) in [4.78, 5) is 4.44. The van der Waals surface area contributed by atoms with Crippen molar-refractivity contribution >= 4 is 31.9 Å². The van der Waals surface area contributed by atoms with Gasteiger partial charge in [-0.25, -0.2) is 4.39 Å². The summed E-state index contributed by atoms with van der Waals surface area (Å²) in [5, 5.41) is 3.44. The molecule has 1 aromatic heterocycles. The van der Waals surface area contributed by atoms with Crippen molar-refractivity contribution in [2.24, 2.45) is 0 Å². The van der Waals surface area contributed by atoms with Gasteiger partial charge in [0.15, 0.2) is 0 Å². The van der Waals surface area contributed by atoms with Gasteiger partial charge in [0.1, 0.15) is 5.82 Å². The van der Waals surface area contributed by atoms with E-state index in [-0.39, 0.29) is 11.9 Å². The van der Waals surface area contributed by atoms with E-state index in [0.717, 1.165) is 27.6 Å². The highest BCUT2D eigenvalue weighted by Gasteiger charge is 2.15. The molecule has 21 heavy (non-hydrogen) atoms. The number of rotatable bonds is 6. The van der Waals surface area contributed by atoms with Crippen molar-refractivity contribution in [3.05, 3.63) is 62.5 Å². The second kappa shape index (κ2) is 8.01. The lowest BCUT2D eigenvalue weighted by Crippen LogP contribution is -2.25. The van der Waals surface area contributed by atoms with Crippen LogP contribution in [0.1, 0.15) is 30.6 Å². The molecular weight excluding hydrogens is 399 g/mol. The van der Waals surface area contributed by atoms with E-state index >= 15 is 0 Å². The van der Waals surface area contributed by atoms with Crippen molar-refractivity contribution in [1.29, 1.82) is 0 Å². The summed E-state index contributed by atoms with van der Waals surface area (Å²) in [7, 11) is 0. The van der Waals surface area contributed by atoms with Crippen LogP contribution in [0.3, 0.4) is 0 Å². The summed E-state index contributed by atoms with van der Waals surface area (Å²) in [5.41, 5.74) is 1.61. The van der Waals surface area contributed by atoms with E-state index in [1.165, 1.54) is 6.07 Å². The Hall–Kier alpha value is -0.780. The molecule has 2 nitrogen and oxygen atoms in total. The van der Waals surface area contributed by atoms with Gasteiger partial charge in [0.25, 0.3) is 0 Å². The number of benzene rings is 1. The molecule has 0 aliphatic heterocycles. The molecule has 1 unspecified atom stereocenters. The third-order valence-corrected chi connectivity index (χ3v) is 4.14. The van der Waals surface area contributed by atoms with Crippen LogP contribution in [0.2, 0.25) is 0 Å². The average molecular weight is 416 g/mol. The summed E-state index contributed by atoms with van der Waals surface area (Å²) in [6.45, 7) is 2.98. The zero-order valence-corrected chi connectivity index (χ0v) is 14.9. The second-order valence-electron chi connectivity index (χ2n) is 4.85. The normalized spacial score (nSPS) is 12.4. The SMILES string of the molecule is CCCNC(Cc1cc(Br)ccc1F)c1ccc(Br)cn1. The van der Waals surface area contributed by atoms with Crippen molar-refractivity contribution in [1.82, 2.24) is 10.3 Å². The summed E-state index contributed by atoms with van der Waals surface area (Å²) < 4.78 is 15.8. The first-order valence-electron chi connectivity index (χ1n) is 6.89. The Labute approximate surface area is 141 Å². The molecular formula is C16H17Br2FN2. The fourth-order valence-corrected chi connectivity index (χ4v) is 2.76. The number of aromatic nitrogens is 1. The highest BCUT2D eigenvalue weighted by Crippen LogP contribution is 2.23. The highest BCUT2D eigenvalue weighted by molar-refractivity contribution is 9.10. The second-order valence-corrected chi connectivity index (χ2v) is 6.68. The molecule has 1 atom stereocenters. The third-order valence-electron chi connectivity index (χ3n) is 3.18. The molecule has 0 aliphatic carbocycles. The summed E-state index contributed by atoms with van der Waals surface area (Å²) in [6.07, 6.45) is 3.36. The van der Waals surface area contributed by atoms with E-state index in [9.17, 15) is 4.39 Å². The van der Waals surface area contributed by atoms with Crippen LogP contribution in [-0.4, -0.2) is 11.5 Å². The minimum atomic E-state index is -0.182. The predicted octanol–water partition coefficient (Wildman–Crippen LogP) is 5.03. The Morgan fingerprint density at radius 1 is 1.19 bits per heavy atom. The van der Waals surface area contributed by atoms with Crippen LogP contribution in [0.15, 0.2) is 45.5 Å². The average Bonchev–Trinajstić information content (AvgIpc) is 2.48. The number of halogens is 3. The first-order valence-corrected chi connectivity index (χ1v) is 8.47. The van der Waals surface area contributed by atoms with Crippen molar-refractivity contribution < 1.29 is 4.39 Å². The zero-order valence-electron chi connectivity index (χ0n) is 11.7. The predicted molar refractivity (Wildman–Crippen MR) is 90.8 cm³/mol. The van der Waals surface area contributed by atoms with Crippen molar-refractivity contribution in [3.63, 3.8) is 0 Å². The number of nitrogens with zero attached hydrogens (tertiary/aromatic N) is 1. The van der Waals surface area contributed by atoms with Crippen LogP contribution in [0.5, 0.6) is 0 Å². The maximum absolute atomic E-state index is 14.0. The Bertz CT molecular complexity index is 587. The van der Waals surface area contributed by atoms with E-state index in [1.807, 2.05) is 18.2 Å². The van der Waals surface area contributed by atoms with Gasteiger partial charge in [-0.05, 0) is 71.2 Å². The molecule has 0 amide bonds. The van der Waals surface area contributed by atoms with Crippen LogP contribution in [0, 0.1) is 5.82 Å². The maximum Gasteiger partial charge on any atom is 0.126 e. The van der Waals surface area contributed by atoms with Crippen molar-refractivity contribution in [3.8, 4) is 0 Å². The molecule has 2 aromatic rings. The molecule has 1 N–H and O–H groups in total. The van der Waals surface area contributed by atoms with Crippen molar-refractivity contribution in [2.45, 2.75) is 25.8 Å². The molecule has 0 bridgehead atoms. The van der Waals surface area contributed by atoms with Gasteiger partial charge in [-0.2, -0.15) is 0 Å². The number of hydrogen-bond acceptors (Lipinski definition) is 2. The van der Waals surface area contributed by atoms with Gasteiger partial charge in [-0.1, -0.05) is 22.9 Å². The highest BCUT2D eigenvalue weighted by atomic mass is 79.9. The van der Waals surface area contributed by atoms with Crippen LogP contribution in [-0.2, 0) is 6.42 Å². The van der Waals surface area contributed by atoms with Gasteiger partial charge in [0.2, 0.25) is 0 Å². The molecule has 0 saturated heterocycles. The first kappa shape index (κ1) is 16.6. The van der Waals surface area contributed by atoms with Gasteiger partial charge in [-0.15, -0.1) is 0 Å². The van der Waals surface area contributed by atoms with Gasteiger partial charge in [0.05, 0.1) is 11.7 Å². The van der Waals surface area contributed by atoms with E-state index in [2.05, 4.69) is 49.1 Å². The monoisotopic (exact) mass is 414 g/mol. The third kappa shape index (κ3) is 4.87. The maximum atomic E-state index is 14.0. The Kier molecular flexibility index (Phi) is 6.33. The molecule has 1 aromatic carbocycles. The van der Waals surface area contributed by atoms with Gasteiger partial charge in [-0.3, -0.25) is 4.98 Å². The zero-order chi connectivity index (χ0) is 15.2. The molecule has 2 rings (SSSR count). The van der Waals surface area contributed by atoms with E-state index < -0.39 is 0 Å². The molecule has 0 spiro atoms. The van der Waals surface area contributed by atoms with Crippen LogP contribution in [0.4, 0.5) is 4.39 Å². The minimum Gasteiger partial charge on any atom is -0.308 e. The van der Waals surface area contributed by atoms with E-state index in [4.69, 9.17) is 0 Å². The Morgan fingerprint density at radius 2 is 1.95 bits per heavy atom. The molecule has 0 fully saturated rings. The Balaban J connectivity index is 2.23. The molecule has 112 valence electrons. The van der Waals surface area contributed by atoms with Crippen LogP contribution >= 0.6 is 31.9 Å². The van der Waals surface area contributed by atoms with Crippen molar-refractivity contribution in [2.75, 3.05) is 6.54 Å². The van der Waals surface area contributed by atoms with Crippen LogP contribution in [0.25, 0.3) is 0 Å². The molecule has 1 heterocycles. The lowest BCUT2D eigenvalue weighted by molar-refractivity contribution is 0.503. The fourth-order valence-electron chi connectivity index (χ4n) is 2.11.